The zero-order chi connectivity index (χ0) is 14.7. The monoisotopic (exact) mass is 284 g/mol. The Morgan fingerprint density at radius 1 is 0.905 bits per heavy atom. The third-order valence-electron chi connectivity index (χ3n) is 4.06. The number of rotatable bonds is 3. The molecule has 1 heterocycles. The maximum Gasteiger partial charge on any atom is 0.107 e. The van der Waals surface area contributed by atoms with Crippen LogP contribution in [0.5, 0.6) is 0 Å². The molecule has 1 aliphatic rings. The highest BCUT2D eigenvalue weighted by Gasteiger charge is 2.30. The Morgan fingerprint density at radius 2 is 1.57 bits per heavy atom. The average Bonchev–Trinajstić information content (AvgIpc) is 2.56. The summed E-state index contributed by atoms with van der Waals surface area (Å²) in [4.78, 5) is 0. The summed E-state index contributed by atoms with van der Waals surface area (Å²) in [5.74, 6) is 0. The largest absolute Gasteiger partial charge is 0.394 e. The summed E-state index contributed by atoms with van der Waals surface area (Å²) in [5, 5.41) is 19.0. The van der Waals surface area contributed by atoms with Gasteiger partial charge in [-0.05, 0) is 29.5 Å². The zero-order valence-corrected chi connectivity index (χ0v) is 11.9. The summed E-state index contributed by atoms with van der Waals surface area (Å²) >= 11 is 0. The summed E-state index contributed by atoms with van der Waals surface area (Å²) in [6, 6.07) is 18.6. The van der Waals surface area contributed by atoms with Gasteiger partial charge in [-0.25, -0.2) is 0 Å². The van der Waals surface area contributed by atoms with Crippen molar-refractivity contribution in [3.63, 3.8) is 0 Å². The van der Waals surface area contributed by atoms with Gasteiger partial charge in [0.25, 0.3) is 0 Å². The Hall–Kier alpha value is -1.68. The Kier molecular flexibility index (Phi) is 4.34. The second-order valence-electron chi connectivity index (χ2n) is 5.48. The molecule has 3 rings (SSSR count). The van der Waals surface area contributed by atoms with Crippen molar-refractivity contribution in [2.75, 3.05) is 6.61 Å². The van der Waals surface area contributed by atoms with E-state index in [0.29, 0.717) is 6.42 Å². The molecule has 0 bridgehead atoms. The molecule has 0 unspecified atom stereocenters. The van der Waals surface area contributed by atoms with Gasteiger partial charge < -0.3 is 14.9 Å². The van der Waals surface area contributed by atoms with Gasteiger partial charge in [0.15, 0.2) is 0 Å². The van der Waals surface area contributed by atoms with Crippen molar-refractivity contribution in [3.05, 3.63) is 60.2 Å². The molecule has 21 heavy (non-hydrogen) atoms. The van der Waals surface area contributed by atoms with E-state index in [1.807, 2.05) is 18.2 Å². The number of aliphatic hydroxyl groups excluding tert-OH is 2. The lowest BCUT2D eigenvalue weighted by molar-refractivity contribution is -0.135. The molecule has 0 amide bonds. The summed E-state index contributed by atoms with van der Waals surface area (Å²) in [6.07, 6.45) is 0.362. The van der Waals surface area contributed by atoms with E-state index in [-0.39, 0.29) is 12.7 Å². The van der Waals surface area contributed by atoms with Crippen LogP contribution in [0.4, 0.5) is 0 Å². The Balaban J connectivity index is 1.75. The van der Waals surface area contributed by atoms with Gasteiger partial charge in [-0.15, -0.1) is 0 Å². The fourth-order valence-electron chi connectivity index (χ4n) is 2.81. The van der Waals surface area contributed by atoms with Gasteiger partial charge in [-0.3, -0.25) is 0 Å². The summed E-state index contributed by atoms with van der Waals surface area (Å²) in [7, 11) is 0. The van der Waals surface area contributed by atoms with Crippen LogP contribution in [0.3, 0.4) is 0 Å². The first kappa shape index (κ1) is 14.3. The molecule has 3 nitrogen and oxygen atoms in total. The van der Waals surface area contributed by atoms with Crippen LogP contribution in [0.2, 0.25) is 0 Å². The van der Waals surface area contributed by atoms with Gasteiger partial charge >= 0.3 is 0 Å². The molecule has 0 saturated carbocycles. The number of hydrogen-bond acceptors (Lipinski definition) is 3. The summed E-state index contributed by atoms with van der Waals surface area (Å²) < 4.78 is 5.78. The highest BCUT2D eigenvalue weighted by Crippen LogP contribution is 2.32. The van der Waals surface area contributed by atoms with Crippen molar-refractivity contribution in [1.29, 1.82) is 0 Å². The first-order valence-corrected chi connectivity index (χ1v) is 7.37. The van der Waals surface area contributed by atoms with Gasteiger partial charge in [0.2, 0.25) is 0 Å². The van der Waals surface area contributed by atoms with Crippen molar-refractivity contribution in [3.8, 4) is 11.1 Å². The van der Waals surface area contributed by atoms with Crippen molar-refractivity contribution >= 4 is 0 Å². The van der Waals surface area contributed by atoms with Gasteiger partial charge in [-0.2, -0.15) is 0 Å². The lowest BCUT2D eigenvalue weighted by Crippen LogP contribution is -2.38. The van der Waals surface area contributed by atoms with E-state index in [9.17, 15) is 10.2 Å². The van der Waals surface area contributed by atoms with Crippen LogP contribution in [0.25, 0.3) is 11.1 Å². The molecule has 1 aliphatic heterocycles. The fraction of sp³-hybridized carbons (Fsp3) is 0.333. The van der Waals surface area contributed by atoms with E-state index in [1.165, 1.54) is 11.1 Å². The topological polar surface area (TPSA) is 49.7 Å². The predicted octanol–water partition coefficient (Wildman–Crippen LogP) is 2.93. The normalized spacial score (nSPS) is 25.7. The molecule has 110 valence electrons. The van der Waals surface area contributed by atoms with Crippen LogP contribution >= 0.6 is 0 Å². The summed E-state index contributed by atoms with van der Waals surface area (Å²) in [6.45, 7) is -0.139. The van der Waals surface area contributed by atoms with Gasteiger partial charge in [-0.1, -0.05) is 54.6 Å². The molecule has 0 spiro atoms. The predicted molar refractivity (Wildman–Crippen MR) is 81.8 cm³/mol. The molecule has 0 aromatic heterocycles. The van der Waals surface area contributed by atoms with E-state index < -0.39 is 12.2 Å². The SMILES string of the molecule is OC[C@H]1O[C@@H](c2ccc(-c3ccccc3)cc2)CC[C@@H]1O. The number of benzene rings is 2. The summed E-state index contributed by atoms with van der Waals surface area (Å²) in [5.41, 5.74) is 3.46. The van der Waals surface area contributed by atoms with Crippen LogP contribution in [-0.2, 0) is 4.74 Å². The number of hydrogen-bond donors (Lipinski definition) is 2. The van der Waals surface area contributed by atoms with Crippen LogP contribution in [0.1, 0.15) is 24.5 Å². The van der Waals surface area contributed by atoms with E-state index >= 15 is 0 Å². The van der Waals surface area contributed by atoms with E-state index in [4.69, 9.17) is 4.74 Å². The maximum absolute atomic E-state index is 9.74. The molecule has 2 aromatic rings. The lowest BCUT2D eigenvalue weighted by atomic mass is 9.95. The second kappa shape index (κ2) is 6.39. The minimum absolute atomic E-state index is 0.0460. The molecule has 3 heteroatoms. The van der Waals surface area contributed by atoms with Crippen molar-refractivity contribution in [1.82, 2.24) is 0 Å². The zero-order valence-electron chi connectivity index (χ0n) is 11.9. The van der Waals surface area contributed by atoms with Crippen LogP contribution in [0, 0.1) is 0 Å². The third-order valence-corrected chi connectivity index (χ3v) is 4.06. The number of ether oxygens (including phenoxy) is 1. The minimum atomic E-state index is -0.560. The van der Waals surface area contributed by atoms with Crippen molar-refractivity contribution in [2.45, 2.75) is 31.2 Å². The van der Waals surface area contributed by atoms with Gasteiger partial charge in [0.1, 0.15) is 6.10 Å². The molecular formula is C18H20O3. The molecule has 0 radical (unpaired) electrons. The number of aliphatic hydroxyl groups is 2. The molecule has 0 aliphatic carbocycles. The molecule has 1 saturated heterocycles. The van der Waals surface area contributed by atoms with Gasteiger partial charge in [0, 0.05) is 0 Å². The van der Waals surface area contributed by atoms with Crippen LogP contribution in [0.15, 0.2) is 54.6 Å². The molecule has 3 atom stereocenters. The average molecular weight is 284 g/mol. The second-order valence-corrected chi connectivity index (χ2v) is 5.48. The smallest absolute Gasteiger partial charge is 0.107 e. The molecule has 2 N–H and O–H groups in total. The van der Waals surface area contributed by atoms with Crippen LogP contribution in [-0.4, -0.2) is 29.0 Å². The molecule has 1 fully saturated rings. The first-order chi connectivity index (χ1) is 10.3. The first-order valence-electron chi connectivity index (χ1n) is 7.37. The molecule has 2 aromatic carbocycles. The Labute approximate surface area is 124 Å². The Bertz CT molecular complexity index is 565. The Morgan fingerprint density at radius 3 is 2.24 bits per heavy atom. The van der Waals surface area contributed by atoms with Crippen LogP contribution < -0.4 is 0 Å². The van der Waals surface area contributed by atoms with E-state index in [1.54, 1.807) is 0 Å². The van der Waals surface area contributed by atoms with Crippen molar-refractivity contribution in [2.24, 2.45) is 0 Å². The van der Waals surface area contributed by atoms with Gasteiger partial charge in [0.05, 0.1) is 18.8 Å². The van der Waals surface area contributed by atoms with E-state index in [0.717, 1.165) is 12.0 Å². The lowest BCUT2D eigenvalue weighted by Gasteiger charge is -2.33. The minimum Gasteiger partial charge on any atom is -0.394 e. The standard InChI is InChI=1S/C18H20O3/c19-12-18-16(20)10-11-17(21-18)15-8-6-14(7-9-15)13-4-2-1-3-5-13/h1-9,16-20H,10-12H2/t16-,17+,18+/m0/s1. The molecular weight excluding hydrogens is 264 g/mol. The highest BCUT2D eigenvalue weighted by atomic mass is 16.5. The fourth-order valence-corrected chi connectivity index (χ4v) is 2.81. The highest BCUT2D eigenvalue weighted by molar-refractivity contribution is 5.63. The third kappa shape index (κ3) is 3.16. The van der Waals surface area contributed by atoms with Crippen molar-refractivity contribution < 1.29 is 14.9 Å². The maximum atomic E-state index is 9.74. The van der Waals surface area contributed by atoms with E-state index in [2.05, 4.69) is 36.4 Å². The quantitative estimate of drug-likeness (QED) is 0.911.